The minimum absolute atomic E-state index is 0.160. The second kappa shape index (κ2) is 5.62. The van der Waals surface area contributed by atoms with Crippen molar-refractivity contribution in [3.63, 3.8) is 0 Å². The highest BCUT2D eigenvalue weighted by Gasteiger charge is 2.06. The maximum atomic E-state index is 13.4. The van der Waals surface area contributed by atoms with Gasteiger partial charge in [-0.3, -0.25) is 0 Å². The number of ether oxygens (including phenoxy) is 1. The van der Waals surface area contributed by atoms with Gasteiger partial charge in [-0.25, -0.2) is 4.39 Å². The van der Waals surface area contributed by atoms with Crippen LogP contribution in [-0.4, -0.2) is 11.7 Å². The number of para-hydroxylation sites is 1. The fraction of sp³-hybridized carbons (Fsp3) is 0.143. The molecule has 0 aliphatic heterocycles. The van der Waals surface area contributed by atoms with E-state index in [1.165, 1.54) is 6.07 Å². The average Bonchev–Trinajstić information content (AvgIpc) is 2.41. The Hall–Kier alpha value is -1.91. The van der Waals surface area contributed by atoms with Crippen molar-refractivity contribution in [2.45, 2.75) is 6.10 Å². The minimum Gasteiger partial charge on any atom is -0.454 e. The number of hydrogen-bond donors (Lipinski definition) is 2. The Labute approximate surface area is 105 Å². The summed E-state index contributed by atoms with van der Waals surface area (Å²) in [4.78, 5) is 0. The van der Waals surface area contributed by atoms with E-state index in [4.69, 9.17) is 10.5 Å². The number of hydrogen-bond acceptors (Lipinski definition) is 3. The van der Waals surface area contributed by atoms with Gasteiger partial charge in [0.25, 0.3) is 0 Å². The molecule has 0 fully saturated rings. The Morgan fingerprint density at radius 3 is 2.39 bits per heavy atom. The Morgan fingerprint density at radius 1 is 1.11 bits per heavy atom. The lowest BCUT2D eigenvalue weighted by atomic mass is 10.1. The van der Waals surface area contributed by atoms with Crippen LogP contribution in [0.1, 0.15) is 11.7 Å². The Balaban J connectivity index is 2.14. The maximum Gasteiger partial charge on any atom is 0.165 e. The molecule has 0 saturated heterocycles. The second-order valence-electron chi connectivity index (χ2n) is 3.85. The molecule has 0 saturated carbocycles. The molecule has 3 N–H and O–H groups in total. The molecule has 0 spiro atoms. The zero-order chi connectivity index (χ0) is 13.0. The topological polar surface area (TPSA) is 55.5 Å². The van der Waals surface area contributed by atoms with Crippen LogP contribution in [0.2, 0.25) is 0 Å². The number of nitrogens with two attached hydrogens (primary N) is 1. The molecular formula is C14H14FNO2. The van der Waals surface area contributed by atoms with Crippen LogP contribution in [0.5, 0.6) is 11.5 Å². The standard InChI is InChI=1S/C14H14FNO2/c15-12-3-1-2-4-14(12)18-11-7-5-10(6-8-11)13(17)9-16/h1-8,13,17H,9,16H2. The van der Waals surface area contributed by atoms with Gasteiger partial charge in [0.1, 0.15) is 5.75 Å². The van der Waals surface area contributed by atoms with Crippen molar-refractivity contribution in [1.29, 1.82) is 0 Å². The molecule has 0 heterocycles. The summed E-state index contributed by atoms with van der Waals surface area (Å²) in [5.74, 6) is 0.265. The Bertz CT molecular complexity index is 513. The van der Waals surface area contributed by atoms with E-state index in [1.807, 2.05) is 0 Å². The minimum atomic E-state index is -0.687. The highest BCUT2D eigenvalue weighted by Crippen LogP contribution is 2.25. The van der Waals surface area contributed by atoms with Gasteiger partial charge in [0.15, 0.2) is 11.6 Å². The van der Waals surface area contributed by atoms with Gasteiger partial charge in [-0.15, -0.1) is 0 Å². The van der Waals surface area contributed by atoms with Crippen molar-refractivity contribution >= 4 is 0 Å². The molecule has 0 aliphatic carbocycles. The molecule has 3 nitrogen and oxygen atoms in total. The van der Waals surface area contributed by atoms with Gasteiger partial charge in [-0.2, -0.15) is 0 Å². The van der Waals surface area contributed by atoms with Crippen LogP contribution in [-0.2, 0) is 0 Å². The molecule has 1 atom stereocenters. The highest BCUT2D eigenvalue weighted by atomic mass is 19.1. The summed E-state index contributed by atoms with van der Waals surface area (Å²) < 4.78 is 18.7. The maximum absolute atomic E-state index is 13.4. The molecule has 1 unspecified atom stereocenters. The monoisotopic (exact) mass is 247 g/mol. The summed E-state index contributed by atoms with van der Waals surface area (Å²) in [7, 11) is 0. The number of rotatable bonds is 4. The lowest BCUT2D eigenvalue weighted by molar-refractivity contribution is 0.186. The lowest BCUT2D eigenvalue weighted by Gasteiger charge is -2.10. The third-order valence-corrected chi connectivity index (χ3v) is 2.55. The van der Waals surface area contributed by atoms with Gasteiger partial charge in [-0.05, 0) is 29.8 Å². The van der Waals surface area contributed by atoms with Crippen molar-refractivity contribution in [2.24, 2.45) is 5.73 Å². The first-order valence-corrected chi connectivity index (χ1v) is 5.61. The second-order valence-corrected chi connectivity index (χ2v) is 3.85. The first kappa shape index (κ1) is 12.5. The van der Waals surface area contributed by atoms with Crippen molar-refractivity contribution in [3.05, 3.63) is 59.9 Å². The molecule has 0 radical (unpaired) electrons. The number of halogens is 1. The number of benzene rings is 2. The Kier molecular flexibility index (Phi) is 3.92. The summed E-state index contributed by atoms with van der Waals surface area (Å²) in [6, 6.07) is 12.9. The third kappa shape index (κ3) is 2.85. The van der Waals surface area contributed by atoms with Crippen LogP contribution < -0.4 is 10.5 Å². The fourth-order valence-electron chi connectivity index (χ4n) is 1.55. The summed E-state index contributed by atoms with van der Waals surface area (Å²) in [5, 5.41) is 9.53. The lowest BCUT2D eigenvalue weighted by Crippen LogP contribution is -2.11. The van der Waals surface area contributed by atoms with E-state index in [1.54, 1.807) is 42.5 Å². The largest absolute Gasteiger partial charge is 0.454 e. The molecular weight excluding hydrogens is 233 g/mol. The predicted octanol–water partition coefficient (Wildman–Crippen LogP) is 2.61. The molecule has 2 rings (SSSR count). The van der Waals surface area contributed by atoms with E-state index in [0.29, 0.717) is 11.3 Å². The van der Waals surface area contributed by atoms with E-state index in [0.717, 1.165) is 0 Å². The van der Waals surface area contributed by atoms with Crippen LogP contribution in [0.25, 0.3) is 0 Å². The van der Waals surface area contributed by atoms with Crippen LogP contribution in [0, 0.1) is 5.82 Å². The first-order valence-electron chi connectivity index (χ1n) is 5.61. The molecule has 0 aromatic heterocycles. The molecule has 0 aliphatic rings. The summed E-state index contributed by atoms with van der Waals surface area (Å²) in [6.07, 6.45) is -0.687. The quantitative estimate of drug-likeness (QED) is 0.873. The summed E-state index contributed by atoms with van der Waals surface area (Å²) in [6.45, 7) is 0.160. The smallest absolute Gasteiger partial charge is 0.165 e. The summed E-state index contributed by atoms with van der Waals surface area (Å²) in [5.41, 5.74) is 6.06. The summed E-state index contributed by atoms with van der Waals surface area (Å²) >= 11 is 0. The number of aliphatic hydroxyl groups is 1. The average molecular weight is 247 g/mol. The van der Waals surface area contributed by atoms with Gasteiger partial charge in [-0.1, -0.05) is 24.3 Å². The van der Waals surface area contributed by atoms with Gasteiger partial charge in [0, 0.05) is 6.54 Å². The third-order valence-electron chi connectivity index (χ3n) is 2.55. The van der Waals surface area contributed by atoms with Crippen molar-refractivity contribution in [3.8, 4) is 11.5 Å². The van der Waals surface area contributed by atoms with E-state index < -0.39 is 11.9 Å². The van der Waals surface area contributed by atoms with Gasteiger partial charge in [0.05, 0.1) is 6.10 Å². The van der Waals surface area contributed by atoms with E-state index in [9.17, 15) is 9.50 Å². The molecule has 94 valence electrons. The van der Waals surface area contributed by atoms with E-state index in [2.05, 4.69) is 0 Å². The van der Waals surface area contributed by atoms with Crippen molar-refractivity contribution < 1.29 is 14.2 Å². The molecule has 4 heteroatoms. The normalized spacial score (nSPS) is 12.2. The van der Waals surface area contributed by atoms with Gasteiger partial charge >= 0.3 is 0 Å². The zero-order valence-electron chi connectivity index (χ0n) is 9.71. The van der Waals surface area contributed by atoms with Crippen LogP contribution >= 0.6 is 0 Å². The molecule has 2 aromatic rings. The fourth-order valence-corrected chi connectivity index (χ4v) is 1.55. The zero-order valence-corrected chi connectivity index (χ0v) is 9.71. The van der Waals surface area contributed by atoms with Gasteiger partial charge in [0.2, 0.25) is 0 Å². The van der Waals surface area contributed by atoms with Crippen molar-refractivity contribution in [1.82, 2.24) is 0 Å². The van der Waals surface area contributed by atoms with Gasteiger partial charge < -0.3 is 15.6 Å². The molecule has 0 bridgehead atoms. The first-order chi connectivity index (χ1) is 8.70. The Morgan fingerprint density at radius 2 is 1.78 bits per heavy atom. The number of aliphatic hydroxyl groups excluding tert-OH is 1. The van der Waals surface area contributed by atoms with Crippen LogP contribution in [0.15, 0.2) is 48.5 Å². The molecule has 18 heavy (non-hydrogen) atoms. The molecule has 2 aromatic carbocycles. The van der Waals surface area contributed by atoms with E-state index >= 15 is 0 Å². The molecule has 0 amide bonds. The van der Waals surface area contributed by atoms with Crippen LogP contribution in [0.4, 0.5) is 4.39 Å². The van der Waals surface area contributed by atoms with Crippen LogP contribution in [0.3, 0.4) is 0 Å². The highest BCUT2D eigenvalue weighted by molar-refractivity contribution is 5.34. The van der Waals surface area contributed by atoms with Crippen molar-refractivity contribution in [2.75, 3.05) is 6.54 Å². The SMILES string of the molecule is NCC(O)c1ccc(Oc2ccccc2F)cc1. The predicted molar refractivity (Wildman–Crippen MR) is 66.9 cm³/mol. The van der Waals surface area contributed by atoms with E-state index in [-0.39, 0.29) is 12.3 Å².